The van der Waals surface area contributed by atoms with Gasteiger partial charge in [0, 0.05) is 37.1 Å². The highest BCUT2D eigenvalue weighted by molar-refractivity contribution is 5.20. The number of hydrogen-bond acceptors (Lipinski definition) is 3. The van der Waals surface area contributed by atoms with Gasteiger partial charge in [0.25, 0.3) is 0 Å². The van der Waals surface area contributed by atoms with E-state index in [-0.39, 0.29) is 0 Å². The lowest BCUT2D eigenvalue weighted by Crippen LogP contribution is -2.22. The molecule has 1 aliphatic rings. The van der Waals surface area contributed by atoms with Crippen molar-refractivity contribution in [2.75, 3.05) is 13.1 Å². The van der Waals surface area contributed by atoms with E-state index in [0.29, 0.717) is 5.92 Å². The Morgan fingerprint density at radius 2 is 2.35 bits per heavy atom. The van der Waals surface area contributed by atoms with Crippen molar-refractivity contribution in [2.24, 2.45) is 0 Å². The molecule has 0 bridgehead atoms. The second-order valence-electron chi connectivity index (χ2n) is 5.72. The molecule has 1 atom stereocenters. The second-order valence-corrected chi connectivity index (χ2v) is 5.72. The summed E-state index contributed by atoms with van der Waals surface area (Å²) in [7, 11) is 0. The van der Waals surface area contributed by atoms with Crippen LogP contribution in [-0.2, 0) is 13.1 Å². The third-order valence-corrected chi connectivity index (χ3v) is 4.18. The molecule has 1 saturated heterocycles. The first-order valence-corrected chi connectivity index (χ1v) is 7.50. The zero-order chi connectivity index (χ0) is 13.9. The minimum absolute atomic E-state index is 0.590. The number of nitrogens with zero attached hydrogens (tertiary/aromatic N) is 4. The molecule has 0 radical (unpaired) electrons. The fourth-order valence-electron chi connectivity index (χ4n) is 3.12. The predicted octanol–water partition coefficient (Wildman–Crippen LogP) is 2.31. The number of H-pyrrole nitrogens is 1. The lowest BCUT2D eigenvalue weighted by molar-refractivity contribution is 0.311. The standard InChI is InChI=1S/C15H23N5/c1-3-6-20-8-5-16-14(20)11-19-7-4-13(10-19)15-12(2)9-17-18-15/h5,8-9,13H,3-4,6-7,10-11H2,1-2H3,(H,17,18). The average Bonchev–Trinajstić information content (AvgIpc) is 3.13. The van der Waals surface area contributed by atoms with E-state index >= 15 is 0 Å². The summed E-state index contributed by atoms with van der Waals surface area (Å²) in [6.07, 6.45) is 8.28. The summed E-state index contributed by atoms with van der Waals surface area (Å²) in [5.74, 6) is 1.78. The molecule has 0 aromatic carbocycles. The fraction of sp³-hybridized carbons (Fsp3) is 0.600. The van der Waals surface area contributed by atoms with Crippen molar-refractivity contribution in [1.29, 1.82) is 0 Å². The third kappa shape index (κ3) is 2.63. The van der Waals surface area contributed by atoms with Gasteiger partial charge in [-0.1, -0.05) is 6.92 Å². The Morgan fingerprint density at radius 1 is 1.45 bits per heavy atom. The Hall–Kier alpha value is -1.62. The van der Waals surface area contributed by atoms with E-state index in [1.807, 2.05) is 12.4 Å². The fourth-order valence-corrected chi connectivity index (χ4v) is 3.12. The van der Waals surface area contributed by atoms with E-state index in [4.69, 9.17) is 0 Å². The van der Waals surface area contributed by atoms with E-state index in [2.05, 4.69) is 44.7 Å². The van der Waals surface area contributed by atoms with Gasteiger partial charge in [-0.3, -0.25) is 10.00 Å². The van der Waals surface area contributed by atoms with Crippen molar-refractivity contribution in [2.45, 2.75) is 45.7 Å². The summed E-state index contributed by atoms with van der Waals surface area (Å²) >= 11 is 0. The van der Waals surface area contributed by atoms with Gasteiger partial charge >= 0.3 is 0 Å². The smallest absolute Gasteiger partial charge is 0.122 e. The number of hydrogen-bond donors (Lipinski definition) is 1. The van der Waals surface area contributed by atoms with Crippen LogP contribution in [0.15, 0.2) is 18.6 Å². The Bertz CT molecular complexity index is 556. The average molecular weight is 273 g/mol. The molecule has 2 aromatic rings. The number of aromatic amines is 1. The van der Waals surface area contributed by atoms with Gasteiger partial charge in [-0.15, -0.1) is 0 Å². The Labute approximate surface area is 120 Å². The summed E-state index contributed by atoms with van der Waals surface area (Å²) in [6, 6.07) is 0. The summed E-state index contributed by atoms with van der Waals surface area (Å²) in [6.45, 7) is 8.60. The molecule has 2 aromatic heterocycles. The number of imidazole rings is 1. The second kappa shape index (κ2) is 5.79. The van der Waals surface area contributed by atoms with Crippen LogP contribution >= 0.6 is 0 Å². The largest absolute Gasteiger partial charge is 0.334 e. The number of likely N-dealkylation sites (tertiary alicyclic amines) is 1. The van der Waals surface area contributed by atoms with Gasteiger partial charge in [0.2, 0.25) is 0 Å². The SMILES string of the molecule is CCCn1ccnc1CN1CCC(c2[nH]ncc2C)C1. The van der Waals surface area contributed by atoms with Crippen molar-refractivity contribution in [3.8, 4) is 0 Å². The van der Waals surface area contributed by atoms with Crippen LogP contribution in [0.1, 0.15) is 42.8 Å². The van der Waals surface area contributed by atoms with Crippen LogP contribution in [-0.4, -0.2) is 37.7 Å². The van der Waals surface area contributed by atoms with E-state index in [1.54, 1.807) is 0 Å². The van der Waals surface area contributed by atoms with Crippen molar-refractivity contribution in [1.82, 2.24) is 24.6 Å². The molecule has 1 unspecified atom stereocenters. The molecule has 1 fully saturated rings. The zero-order valence-corrected chi connectivity index (χ0v) is 12.3. The molecule has 5 nitrogen and oxygen atoms in total. The van der Waals surface area contributed by atoms with Crippen molar-refractivity contribution in [3.05, 3.63) is 35.7 Å². The van der Waals surface area contributed by atoms with Gasteiger partial charge in [0.1, 0.15) is 5.82 Å². The summed E-state index contributed by atoms with van der Waals surface area (Å²) in [5.41, 5.74) is 2.59. The first kappa shape index (κ1) is 13.4. The lowest BCUT2D eigenvalue weighted by Gasteiger charge is -2.16. The minimum Gasteiger partial charge on any atom is -0.334 e. The molecule has 0 aliphatic carbocycles. The Kier molecular flexibility index (Phi) is 3.87. The summed E-state index contributed by atoms with van der Waals surface area (Å²) in [5, 5.41) is 7.31. The van der Waals surface area contributed by atoms with Crippen LogP contribution in [0.2, 0.25) is 0 Å². The van der Waals surface area contributed by atoms with E-state index in [9.17, 15) is 0 Å². The summed E-state index contributed by atoms with van der Waals surface area (Å²) in [4.78, 5) is 7.00. The maximum absolute atomic E-state index is 4.50. The normalized spacial score (nSPS) is 19.8. The molecule has 3 heterocycles. The molecule has 3 rings (SSSR count). The molecule has 108 valence electrons. The summed E-state index contributed by atoms with van der Waals surface area (Å²) < 4.78 is 2.27. The van der Waals surface area contributed by atoms with Crippen molar-refractivity contribution < 1.29 is 0 Å². The Morgan fingerprint density at radius 3 is 3.10 bits per heavy atom. The Balaban J connectivity index is 1.63. The molecular weight excluding hydrogens is 250 g/mol. The van der Waals surface area contributed by atoms with Crippen LogP contribution in [0.3, 0.4) is 0 Å². The van der Waals surface area contributed by atoms with Gasteiger partial charge in [-0.05, 0) is 31.9 Å². The van der Waals surface area contributed by atoms with Gasteiger partial charge in [-0.2, -0.15) is 5.10 Å². The maximum Gasteiger partial charge on any atom is 0.122 e. The number of rotatable bonds is 5. The highest BCUT2D eigenvalue weighted by Crippen LogP contribution is 2.28. The number of aromatic nitrogens is 4. The number of aryl methyl sites for hydroxylation is 2. The van der Waals surface area contributed by atoms with E-state index in [0.717, 1.165) is 32.6 Å². The van der Waals surface area contributed by atoms with Crippen LogP contribution in [0, 0.1) is 6.92 Å². The van der Waals surface area contributed by atoms with Gasteiger partial charge in [0.05, 0.1) is 12.7 Å². The van der Waals surface area contributed by atoms with E-state index in [1.165, 1.54) is 23.5 Å². The van der Waals surface area contributed by atoms with Crippen LogP contribution in [0.5, 0.6) is 0 Å². The van der Waals surface area contributed by atoms with Crippen LogP contribution < -0.4 is 0 Å². The van der Waals surface area contributed by atoms with Gasteiger partial charge < -0.3 is 4.57 Å². The molecular formula is C15H23N5. The predicted molar refractivity (Wildman–Crippen MR) is 78.5 cm³/mol. The molecule has 0 spiro atoms. The third-order valence-electron chi connectivity index (χ3n) is 4.18. The van der Waals surface area contributed by atoms with Crippen molar-refractivity contribution >= 4 is 0 Å². The van der Waals surface area contributed by atoms with Crippen LogP contribution in [0.25, 0.3) is 0 Å². The maximum atomic E-state index is 4.50. The quantitative estimate of drug-likeness (QED) is 0.909. The molecule has 0 saturated carbocycles. The van der Waals surface area contributed by atoms with Gasteiger partial charge in [-0.25, -0.2) is 4.98 Å². The molecule has 0 amide bonds. The lowest BCUT2D eigenvalue weighted by atomic mass is 10.0. The first-order valence-electron chi connectivity index (χ1n) is 7.50. The zero-order valence-electron chi connectivity index (χ0n) is 12.3. The van der Waals surface area contributed by atoms with Gasteiger partial charge in [0.15, 0.2) is 0 Å². The molecule has 1 N–H and O–H groups in total. The number of nitrogens with one attached hydrogen (secondary N) is 1. The highest BCUT2D eigenvalue weighted by atomic mass is 15.2. The van der Waals surface area contributed by atoms with Crippen LogP contribution in [0.4, 0.5) is 0 Å². The molecule has 1 aliphatic heterocycles. The minimum atomic E-state index is 0.590. The molecule has 20 heavy (non-hydrogen) atoms. The van der Waals surface area contributed by atoms with Crippen molar-refractivity contribution in [3.63, 3.8) is 0 Å². The monoisotopic (exact) mass is 273 g/mol. The highest BCUT2D eigenvalue weighted by Gasteiger charge is 2.26. The molecule has 5 heteroatoms. The first-order chi connectivity index (χ1) is 9.78. The van der Waals surface area contributed by atoms with E-state index < -0.39 is 0 Å². The topological polar surface area (TPSA) is 49.7 Å².